The van der Waals surface area contributed by atoms with Crippen LogP contribution < -0.4 is 5.32 Å². The highest BCUT2D eigenvalue weighted by molar-refractivity contribution is 7.18. The summed E-state index contributed by atoms with van der Waals surface area (Å²) in [6.45, 7) is 3.16. The fraction of sp³-hybridized carbons (Fsp3) is 0.235. The van der Waals surface area contributed by atoms with Crippen LogP contribution in [0.25, 0.3) is 10.2 Å². The van der Waals surface area contributed by atoms with Crippen LogP contribution in [0.1, 0.15) is 23.5 Å². The summed E-state index contributed by atoms with van der Waals surface area (Å²) in [5, 5.41) is 4.77. The molecule has 20 heavy (non-hydrogen) atoms. The van der Waals surface area contributed by atoms with Crippen LogP contribution >= 0.6 is 11.3 Å². The van der Waals surface area contributed by atoms with E-state index in [9.17, 15) is 0 Å². The number of rotatable bonds is 5. The van der Waals surface area contributed by atoms with Gasteiger partial charge in [0.15, 0.2) is 0 Å². The van der Waals surface area contributed by atoms with Gasteiger partial charge in [-0.1, -0.05) is 42.5 Å². The van der Waals surface area contributed by atoms with E-state index in [1.807, 2.05) is 6.07 Å². The van der Waals surface area contributed by atoms with Crippen LogP contribution in [0.4, 0.5) is 0 Å². The van der Waals surface area contributed by atoms with Crippen LogP contribution in [0.5, 0.6) is 0 Å². The van der Waals surface area contributed by atoms with Crippen molar-refractivity contribution >= 4 is 21.6 Å². The number of hydrogen-bond donors (Lipinski definition) is 1. The Hall–Kier alpha value is -1.71. The zero-order valence-corrected chi connectivity index (χ0v) is 12.4. The van der Waals surface area contributed by atoms with Gasteiger partial charge in [0.2, 0.25) is 0 Å². The number of benzene rings is 2. The highest BCUT2D eigenvalue weighted by Crippen LogP contribution is 2.21. The van der Waals surface area contributed by atoms with Gasteiger partial charge in [0.1, 0.15) is 0 Å². The summed E-state index contributed by atoms with van der Waals surface area (Å²) in [4.78, 5) is 4.66. The Morgan fingerprint density at radius 2 is 1.80 bits per heavy atom. The average molecular weight is 282 g/mol. The van der Waals surface area contributed by atoms with Gasteiger partial charge in [-0.2, -0.15) is 0 Å². The molecule has 0 fully saturated rings. The molecule has 1 atom stereocenters. The van der Waals surface area contributed by atoms with E-state index in [1.165, 1.54) is 15.3 Å². The van der Waals surface area contributed by atoms with E-state index in [1.54, 1.807) is 11.3 Å². The van der Waals surface area contributed by atoms with Gasteiger partial charge in [-0.15, -0.1) is 11.3 Å². The Morgan fingerprint density at radius 1 is 1.05 bits per heavy atom. The maximum absolute atomic E-state index is 4.66. The minimum absolute atomic E-state index is 0.380. The average Bonchev–Trinajstić information content (AvgIpc) is 2.90. The molecular formula is C17H18N2S. The predicted molar refractivity (Wildman–Crippen MR) is 86.2 cm³/mol. The van der Waals surface area contributed by atoms with E-state index in [0.29, 0.717) is 6.04 Å². The lowest BCUT2D eigenvalue weighted by Gasteiger charge is -2.13. The zero-order valence-electron chi connectivity index (χ0n) is 11.5. The minimum atomic E-state index is 0.380. The summed E-state index contributed by atoms with van der Waals surface area (Å²) < 4.78 is 1.28. The fourth-order valence-corrected chi connectivity index (χ4v) is 3.25. The molecule has 0 amide bonds. The summed E-state index contributed by atoms with van der Waals surface area (Å²) in [6.07, 6.45) is 0.983. The lowest BCUT2D eigenvalue weighted by atomic mass is 10.1. The van der Waals surface area contributed by atoms with Crippen molar-refractivity contribution in [2.75, 3.05) is 6.54 Å². The quantitative estimate of drug-likeness (QED) is 0.759. The third-order valence-corrected chi connectivity index (χ3v) is 4.52. The second-order valence-electron chi connectivity index (χ2n) is 4.91. The van der Waals surface area contributed by atoms with Crippen molar-refractivity contribution in [3.63, 3.8) is 0 Å². The molecule has 0 aliphatic rings. The second kappa shape index (κ2) is 6.16. The van der Waals surface area contributed by atoms with Gasteiger partial charge in [-0.3, -0.25) is 0 Å². The molecule has 0 bridgehead atoms. The van der Waals surface area contributed by atoms with Crippen molar-refractivity contribution in [2.45, 2.75) is 19.4 Å². The maximum atomic E-state index is 4.66. The maximum Gasteiger partial charge on any atom is 0.0951 e. The summed E-state index contributed by atoms with van der Waals surface area (Å²) in [6, 6.07) is 19.3. The Bertz CT molecular complexity index is 643. The van der Waals surface area contributed by atoms with Gasteiger partial charge in [-0.25, -0.2) is 4.98 Å². The number of fused-ring (bicyclic) bond motifs is 1. The van der Waals surface area contributed by atoms with Crippen LogP contribution in [0.15, 0.2) is 54.6 Å². The van der Waals surface area contributed by atoms with Crippen molar-refractivity contribution in [1.29, 1.82) is 0 Å². The van der Waals surface area contributed by atoms with Gasteiger partial charge in [0.05, 0.1) is 15.2 Å². The third kappa shape index (κ3) is 3.06. The normalized spacial score (nSPS) is 12.7. The van der Waals surface area contributed by atoms with E-state index < -0.39 is 0 Å². The van der Waals surface area contributed by atoms with E-state index in [-0.39, 0.29) is 0 Å². The number of thiazole rings is 1. The number of hydrogen-bond acceptors (Lipinski definition) is 3. The highest BCUT2D eigenvalue weighted by atomic mass is 32.1. The van der Waals surface area contributed by atoms with Gasteiger partial charge >= 0.3 is 0 Å². The first kappa shape index (κ1) is 13.3. The molecule has 2 aromatic carbocycles. The van der Waals surface area contributed by atoms with Crippen molar-refractivity contribution < 1.29 is 0 Å². The molecule has 1 N–H and O–H groups in total. The Morgan fingerprint density at radius 3 is 2.60 bits per heavy atom. The number of nitrogens with one attached hydrogen (secondary N) is 1. The largest absolute Gasteiger partial charge is 0.310 e. The predicted octanol–water partition coefficient (Wildman–Crippen LogP) is 4.19. The molecule has 3 rings (SSSR count). The summed E-state index contributed by atoms with van der Waals surface area (Å²) in [7, 11) is 0. The molecule has 0 radical (unpaired) electrons. The van der Waals surface area contributed by atoms with Crippen LogP contribution in [0.2, 0.25) is 0 Å². The first-order valence-corrected chi connectivity index (χ1v) is 7.77. The van der Waals surface area contributed by atoms with Gasteiger partial charge in [0.25, 0.3) is 0 Å². The second-order valence-corrected chi connectivity index (χ2v) is 6.03. The van der Waals surface area contributed by atoms with Crippen LogP contribution in [0.3, 0.4) is 0 Å². The summed E-state index contributed by atoms with van der Waals surface area (Å²) in [5.41, 5.74) is 2.44. The number of para-hydroxylation sites is 1. The van der Waals surface area contributed by atoms with Crippen LogP contribution in [-0.2, 0) is 6.42 Å². The molecule has 1 unspecified atom stereocenters. The van der Waals surface area contributed by atoms with Crippen molar-refractivity contribution in [3.8, 4) is 0 Å². The standard InChI is InChI=1S/C17H18N2S/c1-13(14-7-3-2-4-8-14)18-12-11-17-19-15-9-5-6-10-16(15)20-17/h2-10,13,18H,11-12H2,1H3. The lowest BCUT2D eigenvalue weighted by molar-refractivity contribution is 0.576. The lowest BCUT2D eigenvalue weighted by Crippen LogP contribution is -2.21. The van der Waals surface area contributed by atoms with Crippen molar-refractivity contribution in [3.05, 3.63) is 65.2 Å². The fourth-order valence-electron chi connectivity index (χ4n) is 2.28. The molecule has 0 spiro atoms. The topological polar surface area (TPSA) is 24.9 Å². The molecule has 0 saturated heterocycles. The molecule has 0 aliphatic carbocycles. The highest BCUT2D eigenvalue weighted by Gasteiger charge is 2.06. The Labute approximate surface area is 123 Å². The first-order chi connectivity index (χ1) is 9.83. The Kier molecular flexibility index (Phi) is 4.09. The molecule has 0 saturated carbocycles. The van der Waals surface area contributed by atoms with E-state index in [0.717, 1.165) is 18.5 Å². The van der Waals surface area contributed by atoms with Crippen molar-refractivity contribution in [2.24, 2.45) is 0 Å². The van der Waals surface area contributed by atoms with Crippen LogP contribution in [0, 0.1) is 0 Å². The number of nitrogens with zero attached hydrogens (tertiary/aromatic N) is 1. The molecule has 3 aromatic rings. The van der Waals surface area contributed by atoms with Gasteiger partial charge < -0.3 is 5.32 Å². The molecular weight excluding hydrogens is 264 g/mol. The molecule has 102 valence electrons. The molecule has 1 heterocycles. The van der Waals surface area contributed by atoms with Gasteiger partial charge in [0, 0.05) is 19.0 Å². The third-order valence-electron chi connectivity index (χ3n) is 3.43. The zero-order chi connectivity index (χ0) is 13.8. The summed E-state index contributed by atoms with van der Waals surface area (Å²) in [5.74, 6) is 0. The molecule has 2 nitrogen and oxygen atoms in total. The molecule has 1 aromatic heterocycles. The summed E-state index contributed by atoms with van der Waals surface area (Å²) >= 11 is 1.79. The molecule has 0 aliphatic heterocycles. The van der Waals surface area contributed by atoms with Crippen LogP contribution in [-0.4, -0.2) is 11.5 Å². The number of aromatic nitrogens is 1. The minimum Gasteiger partial charge on any atom is -0.310 e. The monoisotopic (exact) mass is 282 g/mol. The van der Waals surface area contributed by atoms with E-state index in [4.69, 9.17) is 0 Å². The van der Waals surface area contributed by atoms with E-state index in [2.05, 4.69) is 65.8 Å². The first-order valence-electron chi connectivity index (χ1n) is 6.96. The van der Waals surface area contributed by atoms with Gasteiger partial charge in [-0.05, 0) is 24.6 Å². The van der Waals surface area contributed by atoms with Crippen molar-refractivity contribution in [1.82, 2.24) is 10.3 Å². The molecule has 3 heteroatoms. The SMILES string of the molecule is CC(NCCc1nc2ccccc2s1)c1ccccc1. The smallest absolute Gasteiger partial charge is 0.0951 e. The van der Waals surface area contributed by atoms with E-state index >= 15 is 0 Å². The Balaban J connectivity index is 1.57.